The Labute approximate surface area is 185 Å². The third-order valence-electron chi connectivity index (χ3n) is 5.64. The summed E-state index contributed by atoms with van der Waals surface area (Å²) in [5.41, 5.74) is 0.918. The van der Waals surface area contributed by atoms with Crippen molar-refractivity contribution < 1.29 is 18.3 Å². The first-order valence-electron chi connectivity index (χ1n) is 10.1. The fraction of sp³-hybridized carbons (Fsp3) is 0.280. The summed E-state index contributed by atoms with van der Waals surface area (Å²) in [5.74, 6) is 0. The van der Waals surface area contributed by atoms with Gasteiger partial charge in [-0.1, -0.05) is 84.4 Å². The summed E-state index contributed by atoms with van der Waals surface area (Å²) >= 11 is 6.22. The standard InChI is InChI=1S/C25H25ClF3NO/c1-24(20-11-4-2-5-12-20,21-13-6-3-7-14-21)30(16-9-17-31)18-19-10-8-15-22(23(19)26)25(27,28)29/h2-8,10-15,31H,9,16-18H2,1H3. The molecule has 0 aliphatic carbocycles. The van der Waals surface area contributed by atoms with E-state index in [0.717, 1.165) is 17.2 Å². The third kappa shape index (κ3) is 5.12. The van der Waals surface area contributed by atoms with Crippen LogP contribution in [-0.4, -0.2) is 23.2 Å². The van der Waals surface area contributed by atoms with Crippen molar-refractivity contribution in [3.63, 3.8) is 0 Å². The lowest BCUT2D eigenvalue weighted by Gasteiger charge is -2.43. The van der Waals surface area contributed by atoms with Crippen LogP contribution in [0, 0.1) is 0 Å². The topological polar surface area (TPSA) is 23.5 Å². The number of aliphatic hydroxyl groups excluding tert-OH is 1. The Morgan fingerprint density at radius 3 is 1.87 bits per heavy atom. The minimum atomic E-state index is -4.52. The highest BCUT2D eigenvalue weighted by atomic mass is 35.5. The number of hydrogen-bond acceptors (Lipinski definition) is 2. The fourth-order valence-corrected chi connectivity index (χ4v) is 4.20. The fourth-order valence-electron chi connectivity index (χ4n) is 3.91. The van der Waals surface area contributed by atoms with Gasteiger partial charge in [-0.2, -0.15) is 13.2 Å². The van der Waals surface area contributed by atoms with E-state index in [4.69, 9.17) is 11.6 Å². The Morgan fingerprint density at radius 1 is 0.839 bits per heavy atom. The molecule has 2 nitrogen and oxygen atoms in total. The van der Waals surface area contributed by atoms with Crippen molar-refractivity contribution >= 4 is 11.6 Å². The van der Waals surface area contributed by atoms with Gasteiger partial charge in [0.15, 0.2) is 0 Å². The molecule has 0 fully saturated rings. The van der Waals surface area contributed by atoms with Crippen LogP contribution in [0.15, 0.2) is 78.9 Å². The van der Waals surface area contributed by atoms with Gasteiger partial charge in [0.2, 0.25) is 0 Å². The second kappa shape index (κ2) is 9.86. The smallest absolute Gasteiger partial charge is 0.396 e. The largest absolute Gasteiger partial charge is 0.417 e. The minimum absolute atomic E-state index is 0.0213. The van der Waals surface area contributed by atoms with E-state index in [2.05, 4.69) is 11.8 Å². The van der Waals surface area contributed by atoms with E-state index in [-0.39, 0.29) is 18.2 Å². The molecule has 164 valence electrons. The first kappa shape index (κ1) is 23.3. The Bertz CT molecular complexity index is 938. The summed E-state index contributed by atoms with van der Waals surface area (Å²) in [4.78, 5) is 2.08. The van der Waals surface area contributed by atoms with E-state index in [1.165, 1.54) is 6.07 Å². The number of alkyl halides is 3. The van der Waals surface area contributed by atoms with E-state index in [1.807, 2.05) is 60.7 Å². The van der Waals surface area contributed by atoms with Crippen molar-refractivity contribution in [3.05, 3.63) is 106 Å². The quantitative estimate of drug-likeness (QED) is 0.425. The summed E-state index contributed by atoms with van der Waals surface area (Å²) in [7, 11) is 0. The number of nitrogens with zero attached hydrogens (tertiary/aromatic N) is 1. The van der Waals surface area contributed by atoms with Gasteiger partial charge in [0, 0.05) is 19.7 Å². The van der Waals surface area contributed by atoms with Gasteiger partial charge in [0.05, 0.1) is 16.1 Å². The lowest BCUT2D eigenvalue weighted by Crippen LogP contribution is -2.45. The zero-order valence-electron chi connectivity index (χ0n) is 17.2. The highest BCUT2D eigenvalue weighted by Crippen LogP contribution is 2.40. The van der Waals surface area contributed by atoms with Crippen LogP contribution < -0.4 is 0 Å². The third-order valence-corrected chi connectivity index (χ3v) is 6.08. The van der Waals surface area contributed by atoms with Crippen molar-refractivity contribution in [2.75, 3.05) is 13.2 Å². The van der Waals surface area contributed by atoms with Crippen LogP contribution in [0.4, 0.5) is 13.2 Å². The number of halogens is 4. The maximum absolute atomic E-state index is 13.4. The molecular formula is C25H25ClF3NO. The summed E-state index contributed by atoms with van der Waals surface area (Å²) in [6, 6.07) is 23.7. The summed E-state index contributed by atoms with van der Waals surface area (Å²) in [5, 5.41) is 9.21. The second-order valence-electron chi connectivity index (χ2n) is 7.58. The monoisotopic (exact) mass is 447 g/mol. The normalized spacial score (nSPS) is 12.4. The number of hydrogen-bond donors (Lipinski definition) is 1. The van der Waals surface area contributed by atoms with Crippen molar-refractivity contribution in [3.8, 4) is 0 Å². The Kier molecular flexibility index (Phi) is 7.42. The lowest BCUT2D eigenvalue weighted by atomic mass is 9.82. The molecule has 0 aliphatic heterocycles. The molecule has 0 bridgehead atoms. The van der Waals surface area contributed by atoms with Crippen molar-refractivity contribution in [1.82, 2.24) is 4.90 Å². The first-order valence-corrected chi connectivity index (χ1v) is 10.5. The molecule has 0 heterocycles. The molecule has 0 saturated heterocycles. The minimum Gasteiger partial charge on any atom is -0.396 e. The summed E-state index contributed by atoms with van der Waals surface area (Å²) < 4.78 is 40.2. The van der Waals surface area contributed by atoms with E-state index in [1.54, 1.807) is 6.07 Å². The van der Waals surface area contributed by atoms with Gasteiger partial charge in [-0.05, 0) is 36.1 Å². The molecule has 31 heavy (non-hydrogen) atoms. The van der Waals surface area contributed by atoms with Gasteiger partial charge < -0.3 is 5.11 Å². The Balaban J connectivity index is 2.12. The van der Waals surface area contributed by atoms with E-state index < -0.39 is 17.3 Å². The maximum atomic E-state index is 13.4. The predicted molar refractivity (Wildman–Crippen MR) is 118 cm³/mol. The van der Waals surface area contributed by atoms with Gasteiger partial charge in [-0.25, -0.2) is 0 Å². The SMILES string of the molecule is CC(c1ccccc1)(c1ccccc1)N(CCCO)Cc1cccc(C(F)(F)F)c1Cl. The van der Waals surface area contributed by atoms with Gasteiger partial charge in [-0.3, -0.25) is 4.90 Å². The molecule has 6 heteroatoms. The molecule has 3 aromatic rings. The van der Waals surface area contributed by atoms with Crippen LogP contribution in [0.2, 0.25) is 5.02 Å². The van der Waals surface area contributed by atoms with Crippen LogP contribution in [0.1, 0.15) is 35.6 Å². The Morgan fingerprint density at radius 2 is 1.39 bits per heavy atom. The van der Waals surface area contributed by atoms with Crippen LogP contribution >= 0.6 is 11.6 Å². The van der Waals surface area contributed by atoms with Gasteiger partial charge in [-0.15, -0.1) is 0 Å². The molecule has 3 rings (SSSR count). The average Bonchev–Trinajstić information content (AvgIpc) is 2.77. The van der Waals surface area contributed by atoms with Crippen molar-refractivity contribution in [2.24, 2.45) is 0 Å². The van der Waals surface area contributed by atoms with E-state index in [9.17, 15) is 18.3 Å². The maximum Gasteiger partial charge on any atom is 0.417 e. The summed E-state index contributed by atoms with van der Waals surface area (Å²) in [6.45, 7) is 2.70. The molecule has 0 spiro atoms. The molecule has 0 saturated carbocycles. The molecule has 3 aromatic carbocycles. The first-order chi connectivity index (χ1) is 14.8. The highest BCUT2D eigenvalue weighted by molar-refractivity contribution is 6.32. The van der Waals surface area contributed by atoms with Gasteiger partial charge in [0.25, 0.3) is 0 Å². The number of benzene rings is 3. The van der Waals surface area contributed by atoms with E-state index in [0.29, 0.717) is 18.5 Å². The molecular weight excluding hydrogens is 423 g/mol. The molecule has 1 N–H and O–H groups in total. The second-order valence-corrected chi connectivity index (χ2v) is 7.96. The lowest BCUT2D eigenvalue weighted by molar-refractivity contribution is -0.137. The Hall–Kier alpha value is -2.34. The zero-order chi connectivity index (χ0) is 22.5. The molecule has 0 aromatic heterocycles. The zero-order valence-corrected chi connectivity index (χ0v) is 18.0. The van der Waals surface area contributed by atoms with Gasteiger partial charge >= 0.3 is 6.18 Å². The van der Waals surface area contributed by atoms with Crippen LogP contribution in [-0.2, 0) is 18.3 Å². The van der Waals surface area contributed by atoms with Crippen LogP contribution in [0.25, 0.3) is 0 Å². The number of aliphatic hydroxyl groups is 1. The molecule has 0 radical (unpaired) electrons. The molecule has 0 amide bonds. The van der Waals surface area contributed by atoms with Crippen molar-refractivity contribution in [1.29, 1.82) is 0 Å². The van der Waals surface area contributed by atoms with Gasteiger partial charge in [0.1, 0.15) is 0 Å². The van der Waals surface area contributed by atoms with E-state index >= 15 is 0 Å². The molecule has 0 aliphatic rings. The van der Waals surface area contributed by atoms with Crippen molar-refractivity contribution in [2.45, 2.75) is 31.6 Å². The summed E-state index contributed by atoms with van der Waals surface area (Å²) in [6.07, 6.45) is -4.04. The molecule has 0 atom stereocenters. The number of rotatable bonds is 8. The van der Waals surface area contributed by atoms with Crippen LogP contribution in [0.3, 0.4) is 0 Å². The van der Waals surface area contributed by atoms with Crippen LogP contribution in [0.5, 0.6) is 0 Å². The molecule has 0 unspecified atom stereocenters. The highest BCUT2D eigenvalue weighted by Gasteiger charge is 2.37. The predicted octanol–water partition coefficient (Wildman–Crippen LogP) is 6.51. The average molecular weight is 448 g/mol.